The highest BCUT2D eigenvalue weighted by molar-refractivity contribution is 6.14. The van der Waals surface area contributed by atoms with Gasteiger partial charge in [0.2, 0.25) is 0 Å². The van der Waals surface area contributed by atoms with Crippen molar-refractivity contribution < 1.29 is 15.0 Å². The minimum atomic E-state index is -0.367. The molecule has 1 aromatic carbocycles. The minimum Gasteiger partial charge on any atom is -0.511 e. The molecule has 1 aliphatic carbocycles. The summed E-state index contributed by atoms with van der Waals surface area (Å²) >= 11 is 0. The molecule has 1 heterocycles. The zero-order valence-corrected chi connectivity index (χ0v) is 16.7. The lowest BCUT2D eigenvalue weighted by atomic mass is 9.70. The van der Waals surface area contributed by atoms with Crippen LogP contribution < -0.4 is 0 Å². The molecule has 0 amide bonds. The lowest BCUT2D eigenvalue weighted by Gasteiger charge is -2.34. The number of aliphatic hydroxyl groups excluding tert-OH is 2. The number of benzene rings is 1. The number of carbonyl (C=O) groups excluding carboxylic acids is 1. The molecule has 1 unspecified atom stereocenters. The van der Waals surface area contributed by atoms with Crippen LogP contribution in [-0.2, 0) is 10.2 Å². The summed E-state index contributed by atoms with van der Waals surface area (Å²) in [5, 5.41) is 19.5. The van der Waals surface area contributed by atoms with Crippen LogP contribution in [0.1, 0.15) is 25.3 Å². The Labute approximate surface area is 167 Å². The summed E-state index contributed by atoms with van der Waals surface area (Å²) in [6.45, 7) is 8.30. The van der Waals surface area contributed by atoms with Gasteiger partial charge in [-0.25, -0.2) is 0 Å². The Balaban J connectivity index is 1.53. The minimum absolute atomic E-state index is 0.0449. The Morgan fingerprint density at radius 1 is 1.07 bits per heavy atom. The number of piperazine rings is 1. The van der Waals surface area contributed by atoms with Crippen molar-refractivity contribution in [3.8, 4) is 0 Å². The van der Waals surface area contributed by atoms with Crippen LogP contribution in [-0.4, -0.2) is 84.4 Å². The molecule has 0 radical (unpaired) electrons. The van der Waals surface area contributed by atoms with Crippen LogP contribution in [0, 0.1) is 0 Å². The van der Waals surface area contributed by atoms with Gasteiger partial charge in [0.25, 0.3) is 0 Å². The van der Waals surface area contributed by atoms with Crippen molar-refractivity contribution in [2.45, 2.75) is 25.2 Å². The molecule has 3 rings (SSSR count). The third kappa shape index (κ3) is 5.07. The van der Waals surface area contributed by atoms with Crippen molar-refractivity contribution >= 4 is 12.0 Å². The van der Waals surface area contributed by atoms with E-state index in [0.29, 0.717) is 25.0 Å². The summed E-state index contributed by atoms with van der Waals surface area (Å²) in [6.07, 6.45) is 2.40. The van der Waals surface area contributed by atoms with Crippen LogP contribution in [0.15, 0.2) is 46.7 Å². The SMILES string of the molecule is CC1(c2ccccc2)CC(=O)C(C=NCCN2CCN(CCO)CC2)=C(O)C1. The van der Waals surface area contributed by atoms with Crippen molar-refractivity contribution in [1.29, 1.82) is 0 Å². The second kappa shape index (κ2) is 9.45. The summed E-state index contributed by atoms with van der Waals surface area (Å²) in [5.74, 6) is 0.0976. The predicted molar refractivity (Wildman–Crippen MR) is 111 cm³/mol. The molecule has 2 aliphatic rings. The maximum absolute atomic E-state index is 12.6. The number of aliphatic hydroxyl groups is 2. The van der Waals surface area contributed by atoms with E-state index >= 15 is 0 Å². The molecule has 1 fully saturated rings. The van der Waals surface area contributed by atoms with E-state index in [1.54, 1.807) is 6.21 Å². The van der Waals surface area contributed by atoms with Gasteiger partial charge in [-0.1, -0.05) is 37.3 Å². The number of allylic oxidation sites excluding steroid dienone is 2. The van der Waals surface area contributed by atoms with Crippen LogP contribution in [0.5, 0.6) is 0 Å². The van der Waals surface area contributed by atoms with Crippen LogP contribution in [0.3, 0.4) is 0 Å². The van der Waals surface area contributed by atoms with Gasteiger partial charge in [-0.15, -0.1) is 0 Å². The molecule has 1 aliphatic heterocycles. The Morgan fingerprint density at radius 3 is 2.32 bits per heavy atom. The molecule has 28 heavy (non-hydrogen) atoms. The first-order valence-corrected chi connectivity index (χ1v) is 10.1. The predicted octanol–water partition coefficient (Wildman–Crippen LogP) is 1.80. The van der Waals surface area contributed by atoms with Crippen LogP contribution in [0.25, 0.3) is 0 Å². The number of carbonyl (C=O) groups is 1. The molecule has 1 saturated heterocycles. The second-order valence-electron chi connectivity index (χ2n) is 8.01. The highest BCUT2D eigenvalue weighted by Crippen LogP contribution is 2.38. The quantitative estimate of drug-likeness (QED) is 0.700. The Hall–Kier alpha value is -2.02. The first-order valence-electron chi connectivity index (χ1n) is 10.1. The van der Waals surface area contributed by atoms with Gasteiger partial charge < -0.3 is 10.2 Å². The summed E-state index contributed by atoms with van der Waals surface area (Å²) in [6, 6.07) is 9.91. The van der Waals surface area contributed by atoms with Crippen molar-refractivity contribution in [3.05, 3.63) is 47.2 Å². The van der Waals surface area contributed by atoms with Gasteiger partial charge in [0, 0.05) is 63.7 Å². The van der Waals surface area contributed by atoms with Crippen molar-refractivity contribution in [1.82, 2.24) is 9.80 Å². The molecule has 1 atom stereocenters. The largest absolute Gasteiger partial charge is 0.511 e. The highest BCUT2D eigenvalue weighted by atomic mass is 16.3. The normalized spacial score (nSPS) is 25.0. The fourth-order valence-electron chi connectivity index (χ4n) is 4.06. The number of hydrogen-bond donors (Lipinski definition) is 2. The molecular formula is C22H31N3O3. The summed E-state index contributed by atoms with van der Waals surface area (Å²) in [4.78, 5) is 21.6. The number of hydrogen-bond acceptors (Lipinski definition) is 6. The first kappa shape index (κ1) is 20.7. The number of ketones is 1. The van der Waals surface area contributed by atoms with Crippen LogP contribution in [0.2, 0.25) is 0 Å². The second-order valence-corrected chi connectivity index (χ2v) is 8.01. The van der Waals surface area contributed by atoms with Gasteiger partial charge in [-0.2, -0.15) is 0 Å². The summed E-state index contributed by atoms with van der Waals surface area (Å²) in [5.41, 5.74) is 1.07. The maximum atomic E-state index is 12.6. The lowest BCUT2D eigenvalue weighted by molar-refractivity contribution is -0.117. The third-order valence-corrected chi connectivity index (χ3v) is 5.84. The molecule has 0 saturated carbocycles. The van der Waals surface area contributed by atoms with E-state index in [1.165, 1.54) is 0 Å². The van der Waals surface area contributed by atoms with E-state index in [2.05, 4.69) is 14.8 Å². The van der Waals surface area contributed by atoms with E-state index in [0.717, 1.165) is 44.8 Å². The van der Waals surface area contributed by atoms with E-state index in [4.69, 9.17) is 5.11 Å². The standard InChI is InChI=1S/C22H31N3O3/c1-22(18-5-3-2-4-6-18)15-20(27)19(21(28)16-22)17-23-7-8-24-9-11-25(12-10-24)13-14-26/h2-6,17,26-27H,7-16H2,1H3. The zero-order valence-electron chi connectivity index (χ0n) is 16.7. The lowest BCUT2D eigenvalue weighted by Crippen LogP contribution is -2.47. The zero-order chi connectivity index (χ0) is 20.0. The van der Waals surface area contributed by atoms with Gasteiger partial charge in [-0.3, -0.25) is 19.6 Å². The van der Waals surface area contributed by atoms with E-state index in [1.807, 2.05) is 37.3 Å². The molecule has 0 bridgehead atoms. The molecular weight excluding hydrogens is 354 g/mol. The number of Topliss-reactive ketones (excluding diaryl/α,β-unsaturated/α-hetero) is 1. The molecule has 2 N–H and O–H groups in total. The number of aliphatic imine (C=N–C) groups is 1. The maximum Gasteiger partial charge on any atom is 0.168 e. The Kier molecular flexibility index (Phi) is 6.99. The van der Waals surface area contributed by atoms with E-state index in [9.17, 15) is 9.90 Å². The smallest absolute Gasteiger partial charge is 0.168 e. The molecule has 6 nitrogen and oxygen atoms in total. The number of rotatable bonds is 7. The summed E-state index contributed by atoms with van der Waals surface area (Å²) < 4.78 is 0. The van der Waals surface area contributed by atoms with Gasteiger partial charge in [-0.05, 0) is 5.56 Å². The van der Waals surface area contributed by atoms with Gasteiger partial charge in [0.1, 0.15) is 5.76 Å². The average Bonchev–Trinajstić information content (AvgIpc) is 2.69. The molecule has 0 aromatic heterocycles. The summed E-state index contributed by atoms with van der Waals surface area (Å²) in [7, 11) is 0. The molecule has 1 aromatic rings. The van der Waals surface area contributed by atoms with Crippen molar-refractivity contribution in [2.24, 2.45) is 4.99 Å². The topological polar surface area (TPSA) is 76.4 Å². The number of β-amino-alcohol motifs (C(OH)–C–C–N with tert-alkyl or cyclic N) is 1. The fourth-order valence-corrected chi connectivity index (χ4v) is 4.06. The van der Waals surface area contributed by atoms with E-state index < -0.39 is 0 Å². The Morgan fingerprint density at radius 2 is 1.71 bits per heavy atom. The van der Waals surface area contributed by atoms with Gasteiger partial charge in [0.05, 0.1) is 18.7 Å². The van der Waals surface area contributed by atoms with Gasteiger partial charge >= 0.3 is 0 Å². The first-order chi connectivity index (χ1) is 13.5. The van der Waals surface area contributed by atoms with Crippen molar-refractivity contribution in [3.63, 3.8) is 0 Å². The highest BCUT2D eigenvalue weighted by Gasteiger charge is 2.37. The van der Waals surface area contributed by atoms with Gasteiger partial charge in [0.15, 0.2) is 5.78 Å². The number of nitrogens with zero attached hydrogens (tertiary/aromatic N) is 3. The van der Waals surface area contributed by atoms with Crippen molar-refractivity contribution in [2.75, 3.05) is 52.4 Å². The fraction of sp³-hybridized carbons (Fsp3) is 0.545. The molecule has 152 valence electrons. The Bertz CT molecular complexity index is 724. The van der Waals surface area contributed by atoms with Crippen LogP contribution in [0.4, 0.5) is 0 Å². The van der Waals surface area contributed by atoms with E-state index in [-0.39, 0.29) is 23.6 Å². The monoisotopic (exact) mass is 385 g/mol. The third-order valence-electron chi connectivity index (χ3n) is 5.84. The molecule has 0 spiro atoms. The molecule has 6 heteroatoms. The average molecular weight is 386 g/mol. The van der Waals surface area contributed by atoms with Crippen LogP contribution >= 0.6 is 0 Å².